The van der Waals surface area contributed by atoms with Gasteiger partial charge in [0.15, 0.2) is 5.96 Å². The maximum atomic E-state index is 12.1. The molecule has 29 heavy (non-hydrogen) atoms. The number of nitrogens with zero attached hydrogens (tertiary/aromatic N) is 3. The molecule has 1 aromatic heterocycles. The Morgan fingerprint density at radius 3 is 2.59 bits per heavy atom. The van der Waals surface area contributed by atoms with Gasteiger partial charge < -0.3 is 20.3 Å². The third-order valence-corrected chi connectivity index (χ3v) is 5.29. The van der Waals surface area contributed by atoms with Gasteiger partial charge >= 0.3 is 6.09 Å². The maximum Gasteiger partial charge on any atom is 0.410 e. The number of thiazole rings is 1. The van der Waals surface area contributed by atoms with E-state index < -0.39 is 5.60 Å². The minimum Gasteiger partial charge on any atom is -0.444 e. The molecule has 1 amide bonds. The van der Waals surface area contributed by atoms with E-state index in [1.807, 2.05) is 40.8 Å². The number of aromatic nitrogens is 1. The number of hydrogen-bond acceptors (Lipinski definition) is 5. The van der Waals surface area contributed by atoms with Gasteiger partial charge in [-0.2, -0.15) is 0 Å². The predicted molar refractivity (Wildman–Crippen MR) is 133 cm³/mol. The number of aryl methyl sites for hydroxylation is 1. The average Bonchev–Trinajstić information content (AvgIpc) is 3.07. The first-order chi connectivity index (χ1) is 13.2. The summed E-state index contributed by atoms with van der Waals surface area (Å²) in [6.07, 6.45) is 4.34. The fourth-order valence-electron chi connectivity index (χ4n) is 2.33. The number of carbonyl (C=O) groups is 1. The Morgan fingerprint density at radius 1 is 1.34 bits per heavy atom. The quantitative estimate of drug-likeness (QED) is 0.281. The Balaban J connectivity index is 0.00000784. The first kappa shape index (κ1) is 27.9. The molecule has 0 radical (unpaired) electrons. The molecule has 1 aromatic rings. The molecule has 0 aromatic carbocycles. The van der Waals surface area contributed by atoms with Gasteiger partial charge in [-0.25, -0.2) is 9.78 Å². The van der Waals surface area contributed by atoms with E-state index in [0.717, 1.165) is 43.3 Å². The zero-order chi connectivity index (χ0) is 21.2. The molecule has 7 nitrogen and oxygen atoms in total. The van der Waals surface area contributed by atoms with Crippen LogP contribution in [0.15, 0.2) is 11.2 Å². The van der Waals surface area contributed by atoms with E-state index in [-0.39, 0.29) is 36.1 Å². The Kier molecular flexibility index (Phi) is 13.5. The summed E-state index contributed by atoms with van der Waals surface area (Å²) in [6, 6.07) is 0.0456. The number of amides is 1. The molecule has 1 atom stereocenters. The molecule has 168 valence electrons. The van der Waals surface area contributed by atoms with Gasteiger partial charge in [-0.05, 0) is 47.5 Å². The summed E-state index contributed by atoms with van der Waals surface area (Å²) in [5, 5.41) is 7.76. The largest absolute Gasteiger partial charge is 0.444 e. The highest BCUT2D eigenvalue weighted by molar-refractivity contribution is 14.0. The molecule has 0 aliphatic heterocycles. The van der Waals surface area contributed by atoms with Crippen LogP contribution in [-0.4, -0.2) is 60.3 Å². The van der Waals surface area contributed by atoms with Crippen LogP contribution in [0.2, 0.25) is 0 Å². The molecule has 0 aliphatic carbocycles. The van der Waals surface area contributed by atoms with Crippen molar-refractivity contribution in [2.24, 2.45) is 4.99 Å². The lowest BCUT2D eigenvalue weighted by Gasteiger charge is -2.28. The van der Waals surface area contributed by atoms with E-state index in [9.17, 15) is 4.79 Å². The summed E-state index contributed by atoms with van der Waals surface area (Å²) >= 11 is 1.77. The fourth-order valence-corrected chi connectivity index (χ4v) is 3.19. The summed E-state index contributed by atoms with van der Waals surface area (Å²) < 4.78 is 5.41. The number of halogens is 1. The maximum absolute atomic E-state index is 12.1. The number of nitrogens with one attached hydrogen (secondary N) is 2. The monoisotopic (exact) mass is 539 g/mol. The highest BCUT2D eigenvalue weighted by Gasteiger charge is 2.22. The Labute approximate surface area is 197 Å². The molecule has 0 saturated heterocycles. The van der Waals surface area contributed by atoms with Gasteiger partial charge in [0.2, 0.25) is 0 Å². The molecule has 1 rings (SSSR count). The second-order valence-corrected chi connectivity index (χ2v) is 8.94. The standard InChI is InChI=1S/C20H37N5O2S.HI/c1-8-16-14-24-17(28-16)11-13-23-18(21-9-2)22-12-10-15(3)25(7)19(26)27-20(4,5)6;/h14-15H,8-13H2,1-7H3,(H2,21,22,23);1H. The van der Waals surface area contributed by atoms with Crippen LogP contribution in [0.25, 0.3) is 0 Å². The van der Waals surface area contributed by atoms with Crippen LogP contribution in [0.5, 0.6) is 0 Å². The normalized spacial score (nSPS) is 12.7. The molecule has 2 N–H and O–H groups in total. The number of rotatable bonds is 9. The van der Waals surface area contributed by atoms with Crippen molar-refractivity contribution in [1.29, 1.82) is 0 Å². The average molecular weight is 540 g/mol. The van der Waals surface area contributed by atoms with E-state index in [2.05, 4.69) is 27.5 Å². The lowest BCUT2D eigenvalue weighted by atomic mass is 10.2. The van der Waals surface area contributed by atoms with Crippen molar-refractivity contribution in [1.82, 2.24) is 20.5 Å². The first-order valence-electron chi connectivity index (χ1n) is 10.1. The van der Waals surface area contributed by atoms with Gasteiger partial charge in [0.05, 0.1) is 5.01 Å². The summed E-state index contributed by atoms with van der Waals surface area (Å²) in [6.45, 7) is 14.0. The highest BCUT2D eigenvalue weighted by atomic mass is 127. The number of hydrogen-bond donors (Lipinski definition) is 2. The zero-order valence-electron chi connectivity index (χ0n) is 18.9. The van der Waals surface area contributed by atoms with Gasteiger partial charge in [-0.1, -0.05) is 6.92 Å². The number of ether oxygens (including phenoxy) is 1. The molecular formula is C20H38IN5O2S. The van der Waals surface area contributed by atoms with E-state index in [1.165, 1.54) is 4.88 Å². The lowest BCUT2D eigenvalue weighted by Crippen LogP contribution is -2.40. The summed E-state index contributed by atoms with van der Waals surface area (Å²) in [7, 11) is 1.77. The SMILES string of the molecule is CCNC(=NCCC(C)N(C)C(=O)OC(C)(C)C)NCCc1ncc(CC)s1.I. The van der Waals surface area contributed by atoms with E-state index in [0.29, 0.717) is 6.54 Å². The van der Waals surface area contributed by atoms with Crippen molar-refractivity contribution in [2.45, 2.75) is 72.4 Å². The molecule has 0 saturated carbocycles. The van der Waals surface area contributed by atoms with E-state index in [1.54, 1.807) is 23.3 Å². The van der Waals surface area contributed by atoms with Gasteiger partial charge in [0.25, 0.3) is 0 Å². The third-order valence-electron chi connectivity index (χ3n) is 4.08. The Bertz CT molecular complexity index is 631. The second kappa shape index (κ2) is 14.0. The second-order valence-electron chi connectivity index (χ2n) is 7.74. The lowest BCUT2D eigenvalue weighted by molar-refractivity contribution is 0.0231. The van der Waals surface area contributed by atoms with Crippen molar-refractivity contribution >= 4 is 47.4 Å². The van der Waals surface area contributed by atoms with Crippen LogP contribution >= 0.6 is 35.3 Å². The predicted octanol–water partition coefficient (Wildman–Crippen LogP) is 4.07. The third kappa shape index (κ3) is 11.6. The van der Waals surface area contributed by atoms with Crippen LogP contribution < -0.4 is 10.6 Å². The Morgan fingerprint density at radius 2 is 2.03 bits per heavy atom. The van der Waals surface area contributed by atoms with Gasteiger partial charge in [0.1, 0.15) is 5.60 Å². The molecule has 1 unspecified atom stereocenters. The van der Waals surface area contributed by atoms with Gasteiger partial charge in [-0.3, -0.25) is 4.99 Å². The fraction of sp³-hybridized carbons (Fsp3) is 0.750. The van der Waals surface area contributed by atoms with E-state index in [4.69, 9.17) is 4.74 Å². The number of aliphatic imine (C=N–C) groups is 1. The number of guanidine groups is 1. The molecular weight excluding hydrogens is 501 g/mol. The Hall–Kier alpha value is -1.10. The van der Waals surface area contributed by atoms with Gasteiger partial charge in [0, 0.05) is 50.2 Å². The number of carbonyl (C=O) groups excluding carboxylic acids is 1. The first-order valence-corrected chi connectivity index (χ1v) is 10.9. The van der Waals surface area contributed by atoms with Gasteiger partial charge in [-0.15, -0.1) is 35.3 Å². The highest BCUT2D eigenvalue weighted by Crippen LogP contribution is 2.13. The van der Waals surface area contributed by atoms with Crippen LogP contribution in [0.1, 0.15) is 57.8 Å². The molecule has 0 fully saturated rings. The molecule has 1 heterocycles. The van der Waals surface area contributed by atoms with Crippen LogP contribution in [0.4, 0.5) is 4.79 Å². The summed E-state index contributed by atoms with van der Waals surface area (Å²) in [5.74, 6) is 0.793. The molecule has 0 spiro atoms. The molecule has 0 bridgehead atoms. The van der Waals surface area contributed by atoms with Crippen molar-refractivity contribution in [3.63, 3.8) is 0 Å². The topological polar surface area (TPSA) is 78.9 Å². The van der Waals surface area contributed by atoms with Crippen molar-refractivity contribution < 1.29 is 9.53 Å². The summed E-state index contributed by atoms with van der Waals surface area (Å²) in [5.41, 5.74) is -0.485. The molecule has 9 heteroatoms. The van der Waals surface area contributed by atoms with Crippen molar-refractivity contribution in [3.05, 3.63) is 16.1 Å². The van der Waals surface area contributed by atoms with Crippen LogP contribution in [0.3, 0.4) is 0 Å². The van der Waals surface area contributed by atoms with Crippen molar-refractivity contribution in [2.75, 3.05) is 26.7 Å². The summed E-state index contributed by atoms with van der Waals surface area (Å²) in [4.78, 5) is 24.2. The van der Waals surface area contributed by atoms with Crippen LogP contribution in [0, 0.1) is 0 Å². The molecule has 0 aliphatic rings. The van der Waals surface area contributed by atoms with Crippen molar-refractivity contribution in [3.8, 4) is 0 Å². The minimum absolute atomic E-state index is 0. The smallest absolute Gasteiger partial charge is 0.410 e. The minimum atomic E-state index is -0.485. The van der Waals surface area contributed by atoms with E-state index >= 15 is 0 Å². The van der Waals surface area contributed by atoms with Crippen LogP contribution in [-0.2, 0) is 17.6 Å². The zero-order valence-corrected chi connectivity index (χ0v) is 22.0.